The number of imidazole rings is 1. The van der Waals surface area contributed by atoms with Gasteiger partial charge in [-0.3, -0.25) is 0 Å². The molecule has 3 aliphatic heterocycles. The van der Waals surface area contributed by atoms with Gasteiger partial charge in [0.1, 0.15) is 17.1 Å². The van der Waals surface area contributed by atoms with E-state index in [4.69, 9.17) is 9.72 Å². The largest absolute Gasteiger partial charge is 0.444 e. The molecule has 3 aromatic rings. The van der Waals surface area contributed by atoms with Crippen molar-refractivity contribution in [1.29, 1.82) is 0 Å². The second kappa shape index (κ2) is 15.6. The van der Waals surface area contributed by atoms with Gasteiger partial charge in [0.05, 0.1) is 24.8 Å². The molecule has 52 heavy (non-hydrogen) atoms. The van der Waals surface area contributed by atoms with Gasteiger partial charge in [-0.15, -0.1) is 0 Å². The molecule has 1 aromatic heterocycles. The maximum atomic E-state index is 17.3. The number of rotatable bonds is 8. The summed E-state index contributed by atoms with van der Waals surface area (Å²) in [6, 6.07) is 20.0. The van der Waals surface area contributed by atoms with Crippen LogP contribution < -0.4 is 0 Å². The Hall–Kier alpha value is -3.92. The van der Waals surface area contributed by atoms with E-state index >= 15 is 9.18 Å². The number of carbonyl (C=O) groups excluding carboxylic acids is 2. The fraction of sp³-hybridized carbons (Fsp3) is 0.595. The third kappa shape index (κ3) is 9.17. The molecule has 3 fully saturated rings. The summed E-state index contributed by atoms with van der Waals surface area (Å²) in [5.41, 5.74) is -0.132. The lowest BCUT2D eigenvalue weighted by molar-refractivity contribution is 0.0156. The van der Waals surface area contributed by atoms with Crippen LogP contribution in [0.1, 0.15) is 97.5 Å². The Bertz CT molecular complexity index is 1640. The first kappa shape index (κ1) is 37.8. The van der Waals surface area contributed by atoms with Crippen LogP contribution in [0.3, 0.4) is 0 Å². The van der Waals surface area contributed by atoms with Crippen LogP contribution in [-0.2, 0) is 11.3 Å². The number of nitrogens with zero attached hydrogens (tertiary/aromatic N) is 6. The number of aromatic nitrogens is 2. The van der Waals surface area contributed by atoms with Gasteiger partial charge >= 0.3 is 12.1 Å². The normalized spacial score (nSPS) is 21.3. The zero-order valence-corrected chi connectivity index (χ0v) is 32.2. The van der Waals surface area contributed by atoms with E-state index in [-0.39, 0.29) is 32.1 Å². The lowest BCUT2D eigenvalue weighted by Crippen LogP contribution is -2.56. The summed E-state index contributed by atoms with van der Waals surface area (Å²) >= 11 is 0. The summed E-state index contributed by atoms with van der Waals surface area (Å²) in [6.45, 7) is 15.8. The Morgan fingerprint density at radius 3 is 2.13 bits per heavy atom. The van der Waals surface area contributed by atoms with Crippen LogP contribution in [0.15, 0.2) is 66.9 Å². The van der Waals surface area contributed by atoms with Gasteiger partial charge in [-0.05, 0) is 70.5 Å². The van der Waals surface area contributed by atoms with Gasteiger partial charge in [0.2, 0.25) is 0 Å². The van der Waals surface area contributed by atoms with Gasteiger partial charge in [-0.2, -0.15) is 0 Å². The first-order chi connectivity index (χ1) is 24.7. The second-order valence-corrected chi connectivity index (χ2v) is 17.3. The summed E-state index contributed by atoms with van der Waals surface area (Å²) in [4.78, 5) is 41.2. The molecule has 9 nitrogen and oxygen atoms in total. The highest BCUT2D eigenvalue weighted by Crippen LogP contribution is 2.42. The fourth-order valence-electron chi connectivity index (χ4n) is 8.21. The Labute approximate surface area is 310 Å². The smallest absolute Gasteiger partial charge is 0.410 e. The van der Waals surface area contributed by atoms with Crippen molar-refractivity contribution in [1.82, 2.24) is 29.2 Å². The van der Waals surface area contributed by atoms with Crippen LogP contribution in [-0.4, -0.2) is 104 Å². The topological polar surface area (TPSA) is 74.2 Å². The number of carbonyl (C=O) groups is 2. The Morgan fingerprint density at radius 2 is 1.52 bits per heavy atom. The van der Waals surface area contributed by atoms with Crippen LogP contribution in [0, 0.1) is 5.41 Å². The molecule has 0 spiro atoms. The van der Waals surface area contributed by atoms with Crippen molar-refractivity contribution in [3.05, 3.63) is 78.2 Å². The number of amides is 3. The van der Waals surface area contributed by atoms with Crippen LogP contribution in [0.25, 0.3) is 11.3 Å². The first-order valence-corrected chi connectivity index (χ1v) is 19.3. The first-order valence-electron chi connectivity index (χ1n) is 19.3. The lowest BCUT2D eigenvalue weighted by atomic mass is 9.84. The molecule has 282 valence electrons. The molecular weight excluding hydrogens is 655 g/mol. The lowest BCUT2D eigenvalue weighted by Gasteiger charge is -2.46. The van der Waals surface area contributed by atoms with E-state index < -0.39 is 28.8 Å². The zero-order chi connectivity index (χ0) is 37.1. The number of ether oxygens (including phenoxy) is 1. The molecule has 0 saturated carbocycles. The number of hydrogen-bond donors (Lipinski definition) is 0. The third-order valence-electron chi connectivity index (χ3n) is 10.7. The van der Waals surface area contributed by atoms with Gasteiger partial charge in [-0.25, -0.2) is 19.0 Å². The van der Waals surface area contributed by atoms with Crippen LogP contribution in [0.2, 0.25) is 0 Å². The van der Waals surface area contributed by atoms with Gasteiger partial charge in [0.25, 0.3) is 0 Å². The van der Waals surface area contributed by atoms with Crippen molar-refractivity contribution < 1.29 is 18.7 Å². The van der Waals surface area contributed by atoms with Gasteiger partial charge < -0.3 is 28.9 Å². The molecule has 3 aliphatic rings. The maximum Gasteiger partial charge on any atom is 0.410 e. The SMILES string of the molecule is CC(C)(C)OC(=O)N1CC[C@](F)(CN(C(=O)N2CCC(N3CCCCC3)CC2)[C@@H](c2nc(-c3ccccc3)cn2Cc2ccccc2)C(C)(C)C)C1. The van der Waals surface area contributed by atoms with Gasteiger partial charge in [0.15, 0.2) is 0 Å². The number of alkyl halides is 1. The van der Waals surface area contributed by atoms with E-state index in [0.717, 1.165) is 48.6 Å². The quantitative estimate of drug-likeness (QED) is 0.234. The predicted octanol–water partition coefficient (Wildman–Crippen LogP) is 8.41. The fourth-order valence-corrected chi connectivity index (χ4v) is 8.21. The molecular formula is C42H59FN6O3. The Kier molecular flexibility index (Phi) is 11.3. The molecule has 0 N–H and O–H groups in total. The average Bonchev–Trinajstić information content (AvgIpc) is 3.71. The summed E-state index contributed by atoms with van der Waals surface area (Å²) in [5, 5.41) is 0. The van der Waals surface area contributed by atoms with Crippen LogP contribution >= 0.6 is 0 Å². The van der Waals surface area contributed by atoms with Gasteiger partial charge in [0, 0.05) is 50.4 Å². The Balaban J connectivity index is 1.36. The molecule has 0 aliphatic carbocycles. The molecule has 4 heterocycles. The van der Waals surface area contributed by atoms with E-state index in [1.54, 1.807) is 4.90 Å². The third-order valence-corrected chi connectivity index (χ3v) is 10.7. The molecule has 10 heteroatoms. The summed E-state index contributed by atoms with van der Waals surface area (Å²) in [7, 11) is 0. The molecule has 6 rings (SSSR count). The van der Waals surface area contributed by atoms with E-state index in [2.05, 4.69) is 48.6 Å². The predicted molar refractivity (Wildman–Crippen MR) is 204 cm³/mol. The summed E-state index contributed by atoms with van der Waals surface area (Å²) in [6.07, 6.45) is 7.24. The van der Waals surface area contributed by atoms with Gasteiger partial charge in [-0.1, -0.05) is 87.9 Å². The monoisotopic (exact) mass is 714 g/mol. The zero-order valence-electron chi connectivity index (χ0n) is 32.2. The van der Waals surface area contributed by atoms with Crippen molar-refractivity contribution in [2.24, 2.45) is 5.41 Å². The number of likely N-dealkylation sites (tertiary alicyclic amines) is 3. The van der Waals surface area contributed by atoms with Crippen LogP contribution in [0.4, 0.5) is 14.0 Å². The minimum atomic E-state index is -1.82. The van der Waals surface area contributed by atoms with Crippen molar-refractivity contribution in [3.8, 4) is 11.3 Å². The molecule has 3 saturated heterocycles. The van der Waals surface area contributed by atoms with E-state index in [0.29, 0.717) is 25.7 Å². The van der Waals surface area contributed by atoms with Crippen molar-refractivity contribution >= 4 is 12.1 Å². The Morgan fingerprint density at radius 1 is 0.885 bits per heavy atom. The van der Waals surface area contributed by atoms with Crippen molar-refractivity contribution in [2.75, 3.05) is 45.8 Å². The number of halogens is 1. The molecule has 0 radical (unpaired) electrons. The average molecular weight is 715 g/mol. The standard InChI is InChI=1S/C42H59FN6O3/c1-40(2,3)36(37-44-35(33-18-12-8-13-19-33)29-48(37)28-32-16-10-7-11-17-32)49(31-42(43)22-27-47(30-42)39(51)52-41(4,5)6)38(50)46-25-20-34(21-26-46)45-23-14-9-15-24-45/h7-8,10-13,16-19,29,34,36H,9,14-15,20-28,30-31H2,1-6H3/t36-,42+/m0/s1. The minimum absolute atomic E-state index is 0.123. The van der Waals surface area contributed by atoms with Crippen LogP contribution in [0.5, 0.6) is 0 Å². The molecule has 0 bridgehead atoms. The highest BCUT2D eigenvalue weighted by Gasteiger charge is 2.49. The second-order valence-electron chi connectivity index (χ2n) is 17.3. The molecule has 0 unspecified atom stereocenters. The summed E-state index contributed by atoms with van der Waals surface area (Å²) in [5.74, 6) is 0.720. The highest BCUT2D eigenvalue weighted by molar-refractivity contribution is 5.75. The van der Waals surface area contributed by atoms with Crippen molar-refractivity contribution in [2.45, 2.75) is 110 Å². The number of piperidine rings is 2. The van der Waals surface area contributed by atoms with E-state index in [1.807, 2.05) is 74.2 Å². The number of hydrogen-bond acceptors (Lipinski definition) is 5. The van der Waals surface area contributed by atoms with E-state index in [9.17, 15) is 4.79 Å². The number of urea groups is 1. The molecule has 2 atom stereocenters. The summed E-state index contributed by atoms with van der Waals surface area (Å²) < 4.78 is 25.1. The number of benzene rings is 2. The highest BCUT2D eigenvalue weighted by atomic mass is 19.1. The maximum absolute atomic E-state index is 17.3. The van der Waals surface area contributed by atoms with Crippen molar-refractivity contribution in [3.63, 3.8) is 0 Å². The molecule has 3 amide bonds. The molecule has 2 aromatic carbocycles. The van der Waals surface area contributed by atoms with E-state index in [1.165, 1.54) is 24.2 Å². The minimum Gasteiger partial charge on any atom is -0.444 e.